The largest absolute Gasteiger partial charge is 0.394 e. The monoisotopic (exact) mass is 285 g/mol. The van der Waals surface area contributed by atoms with E-state index in [1.165, 1.54) is 10.6 Å². The fourth-order valence-corrected chi connectivity index (χ4v) is 3.93. The van der Waals surface area contributed by atoms with E-state index in [1.807, 2.05) is 22.4 Å². The lowest BCUT2D eigenvalue weighted by Crippen LogP contribution is -2.43. The molecule has 18 heavy (non-hydrogen) atoms. The Balaban J connectivity index is 1.89. The first-order valence-electron chi connectivity index (χ1n) is 6.38. The van der Waals surface area contributed by atoms with Gasteiger partial charge in [0.25, 0.3) is 0 Å². The number of aliphatic hydroxyl groups excluding tert-OH is 1. The van der Waals surface area contributed by atoms with E-state index in [9.17, 15) is 9.90 Å². The molecule has 1 amide bonds. The summed E-state index contributed by atoms with van der Waals surface area (Å²) in [6, 6.07) is 4.07. The molecular formula is C13H19NO2S2. The van der Waals surface area contributed by atoms with Crippen LogP contribution in [0.25, 0.3) is 0 Å². The molecule has 100 valence electrons. The second-order valence-electron chi connectivity index (χ2n) is 4.49. The predicted molar refractivity (Wildman–Crippen MR) is 76.1 cm³/mol. The molecule has 1 N–H and O–H groups in total. The molecule has 2 rings (SSSR count). The third-order valence-corrected chi connectivity index (χ3v) is 5.36. The molecule has 3 nitrogen and oxygen atoms in total. The van der Waals surface area contributed by atoms with Gasteiger partial charge in [-0.1, -0.05) is 18.9 Å². The first-order valence-corrected chi connectivity index (χ1v) is 8.24. The minimum Gasteiger partial charge on any atom is -0.394 e. The Bertz CT molecular complexity index is 367. The number of thiophene rings is 1. The predicted octanol–water partition coefficient (Wildman–Crippen LogP) is 2.60. The van der Waals surface area contributed by atoms with Crippen molar-refractivity contribution in [3.05, 3.63) is 17.5 Å². The summed E-state index contributed by atoms with van der Waals surface area (Å²) >= 11 is 3.26. The highest BCUT2D eigenvalue weighted by Crippen LogP contribution is 2.25. The zero-order chi connectivity index (χ0) is 12.8. The number of carbonyl (C=O) groups excluding carboxylic acids is 1. The van der Waals surface area contributed by atoms with E-state index >= 15 is 0 Å². The number of thioether (sulfide) groups is 1. The normalized spacial score (nSPS) is 20.7. The van der Waals surface area contributed by atoms with E-state index in [0.717, 1.165) is 25.8 Å². The summed E-state index contributed by atoms with van der Waals surface area (Å²) < 4.78 is 1.18. The average molecular weight is 285 g/mol. The Kier molecular flexibility index (Phi) is 5.53. The van der Waals surface area contributed by atoms with Crippen molar-refractivity contribution < 1.29 is 9.90 Å². The third-order valence-electron chi connectivity index (χ3n) is 3.24. The minimum atomic E-state index is 0.0314. The Labute approximate surface area is 116 Å². The van der Waals surface area contributed by atoms with Crippen LogP contribution in [0.15, 0.2) is 21.7 Å². The number of hydrogen-bond acceptors (Lipinski definition) is 4. The van der Waals surface area contributed by atoms with Crippen LogP contribution in [0.5, 0.6) is 0 Å². The van der Waals surface area contributed by atoms with Crippen LogP contribution < -0.4 is 0 Å². The standard InChI is InChI=1S/C13H19NO2S2/c15-9-11-5-2-1-3-7-14(11)12(16)10-18-13-6-4-8-17-13/h4,6,8,11,15H,1-3,5,7,9-10H2. The highest BCUT2D eigenvalue weighted by atomic mass is 32.2. The Hall–Kier alpha value is -0.520. The van der Waals surface area contributed by atoms with Gasteiger partial charge < -0.3 is 10.0 Å². The van der Waals surface area contributed by atoms with E-state index in [2.05, 4.69) is 0 Å². The topological polar surface area (TPSA) is 40.5 Å². The Morgan fingerprint density at radius 2 is 2.39 bits per heavy atom. The van der Waals surface area contributed by atoms with Crippen LogP contribution in [-0.2, 0) is 4.79 Å². The van der Waals surface area contributed by atoms with Crippen molar-refractivity contribution in [2.75, 3.05) is 18.9 Å². The van der Waals surface area contributed by atoms with Crippen molar-refractivity contribution >= 4 is 29.0 Å². The molecule has 0 radical (unpaired) electrons. The molecule has 1 aliphatic rings. The van der Waals surface area contributed by atoms with Gasteiger partial charge in [-0.3, -0.25) is 4.79 Å². The molecule has 1 atom stereocenters. The number of hydrogen-bond donors (Lipinski definition) is 1. The lowest BCUT2D eigenvalue weighted by Gasteiger charge is -2.28. The van der Waals surface area contributed by atoms with Gasteiger partial charge in [0.2, 0.25) is 5.91 Å². The van der Waals surface area contributed by atoms with Gasteiger partial charge in [-0.25, -0.2) is 0 Å². The van der Waals surface area contributed by atoms with Crippen LogP contribution in [-0.4, -0.2) is 40.9 Å². The van der Waals surface area contributed by atoms with Crippen LogP contribution in [0.1, 0.15) is 25.7 Å². The molecule has 1 fully saturated rings. The minimum absolute atomic E-state index is 0.0314. The quantitative estimate of drug-likeness (QED) is 0.865. The first kappa shape index (κ1) is 13.9. The maximum atomic E-state index is 12.2. The molecule has 0 aliphatic carbocycles. The zero-order valence-electron chi connectivity index (χ0n) is 10.4. The SMILES string of the molecule is O=C(CSc1cccs1)N1CCCCCC1CO. The highest BCUT2D eigenvalue weighted by Gasteiger charge is 2.24. The summed E-state index contributed by atoms with van der Waals surface area (Å²) in [7, 11) is 0. The molecule has 1 unspecified atom stereocenters. The van der Waals surface area contributed by atoms with Gasteiger partial charge in [0.15, 0.2) is 0 Å². The molecule has 1 saturated heterocycles. The van der Waals surface area contributed by atoms with E-state index in [-0.39, 0.29) is 18.6 Å². The van der Waals surface area contributed by atoms with Gasteiger partial charge in [0, 0.05) is 6.54 Å². The highest BCUT2D eigenvalue weighted by molar-refractivity contribution is 8.01. The lowest BCUT2D eigenvalue weighted by atomic mass is 10.1. The lowest BCUT2D eigenvalue weighted by molar-refractivity contribution is -0.131. The number of rotatable bonds is 4. The van der Waals surface area contributed by atoms with Gasteiger partial charge in [0.1, 0.15) is 0 Å². The van der Waals surface area contributed by atoms with Crippen molar-refractivity contribution in [1.29, 1.82) is 0 Å². The summed E-state index contributed by atoms with van der Waals surface area (Å²) in [5.41, 5.74) is 0. The third kappa shape index (κ3) is 3.73. The van der Waals surface area contributed by atoms with Crippen LogP contribution in [0.4, 0.5) is 0 Å². The Morgan fingerprint density at radius 1 is 1.50 bits per heavy atom. The van der Waals surface area contributed by atoms with Gasteiger partial charge in [-0.15, -0.1) is 23.1 Å². The van der Waals surface area contributed by atoms with Crippen LogP contribution >= 0.6 is 23.1 Å². The summed E-state index contributed by atoms with van der Waals surface area (Å²) in [6.45, 7) is 0.893. The molecule has 1 aliphatic heterocycles. The molecule has 1 aromatic heterocycles. The average Bonchev–Trinajstić information content (AvgIpc) is 2.79. The van der Waals surface area contributed by atoms with E-state index in [1.54, 1.807) is 23.1 Å². The summed E-state index contributed by atoms with van der Waals surface area (Å²) in [5.74, 6) is 0.645. The van der Waals surface area contributed by atoms with Crippen molar-refractivity contribution in [2.24, 2.45) is 0 Å². The summed E-state index contributed by atoms with van der Waals surface area (Å²) in [4.78, 5) is 14.1. The molecule has 0 aromatic carbocycles. The summed E-state index contributed by atoms with van der Waals surface area (Å²) in [6.07, 6.45) is 4.28. The van der Waals surface area contributed by atoms with E-state index < -0.39 is 0 Å². The smallest absolute Gasteiger partial charge is 0.233 e. The van der Waals surface area contributed by atoms with Crippen molar-refractivity contribution in [3.63, 3.8) is 0 Å². The van der Waals surface area contributed by atoms with Gasteiger partial charge in [0.05, 0.1) is 22.6 Å². The molecule has 0 spiro atoms. The van der Waals surface area contributed by atoms with Crippen LogP contribution in [0.2, 0.25) is 0 Å². The van der Waals surface area contributed by atoms with Crippen LogP contribution in [0, 0.1) is 0 Å². The van der Waals surface area contributed by atoms with E-state index in [4.69, 9.17) is 0 Å². The fourth-order valence-electron chi connectivity index (χ4n) is 2.26. The van der Waals surface area contributed by atoms with Gasteiger partial charge in [-0.2, -0.15) is 0 Å². The number of aliphatic hydroxyl groups is 1. The number of likely N-dealkylation sites (tertiary alicyclic amines) is 1. The van der Waals surface area contributed by atoms with Crippen molar-refractivity contribution in [2.45, 2.75) is 35.9 Å². The molecule has 5 heteroatoms. The summed E-state index contributed by atoms with van der Waals surface area (Å²) in [5, 5.41) is 11.4. The fraction of sp³-hybridized carbons (Fsp3) is 0.615. The molecule has 0 bridgehead atoms. The molecular weight excluding hydrogens is 266 g/mol. The molecule has 1 aromatic rings. The number of amides is 1. The maximum absolute atomic E-state index is 12.2. The first-order chi connectivity index (χ1) is 8.81. The second-order valence-corrected chi connectivity index (χ2v) is 6.72. The molecule has 0 saturated carbocycles. The van der Waals surface area contributed by atoms with Crippen molar-refractivity contribution in [1.82, 2.24) is 4.90 Å². The number of nitrogens with zero attached hydrogens (tertiary/aromatic N) is 1. The Morgan fingerprint density at radius 3 is 3.11 bits per heavy atom. The second kappa shape index (κ2) is 7.16. The zero-order valence-corrected chi connectivity index (χ0v) is 12.0. The van der Waals surface area contributed by atoms with Crippen LogP contribution in [0.3, 0.4) is 0 Å². The number of carbonyl (C=O) groups is 1. The van der Waals surface area contributed by atoms with Crippen molar-refractivity contribution in [3.8, 4) is 0 Å². The van der Waals surface area contributed by atoms with Gasteiger partial charge in [-0.05, 0) is 24.3 Å². The molecule has 2 heterocycles. The van der Waals surface area contributed by atoms with Gasteiger partial charge >= 0.3 is 0 Å². The van der Waals surface area contributed by atoms with E-state index in [0.29, 0.717) is 5.75 Å². The maximum Gasteiger partial charge on any atom is 0.233 e.